The molecule has 1 fully saturated rings. The summed E-state index contributed by atoms with van der Waals surface area (Å²) in [4.78, 5) is 26.2. The normalized spacial score (nSPS) is 18.4. The van der Waals surface area contributed by atoms with E-state index in [0.29, 0.717) is 19.0 Å². The minimum Gasteiger partial charge on any atom is -0.331 e. The lowest BCUT2D eigenvalue weighted by molar-refractivity contribution is -0.120. The molecule has 6 heteroatoms. The van der Waals surface area contributed by atoms with E-state index in [9.17, 15) is 4.79 Å². The molecule has 29 heavy (non-hydrogen) atoms. The number of pyridine rings is 1. The van der Waals surface area contributed by atoms with E-state index in [1.165, 1.54) is 0 Å². The van der Waals surface area contributed by atoms with Gasteiger partial charge >= 0.3 is 0 Å². The van der Waals surface area contributed by atoms with Crippen molar-refractivity contribution in [1.82, 2.24) is 24.3 Å². The molecule has 0 bridgehead atoms. The highest BCUT2D eigenvalue weighted by atomic mass is 16.1. The lowest BCUT2D eigenvalue weighted by Crippen LogP contribution is -2.52. The number of rotatable bonds is 5. The third kappa shape index (κ3) is 4.23. The third-order valence-electron chi connectivity index (χ3n) is 6.02. The van der Waals surface area contributed by atoms with Crippen LogP contribution in [0.25, 0.3) is 22.0 Å². The van der Waals surface area contributed by atoms with Crippen LogP contribution in [0.5, 0.6) is 0 Å². The first-order valence-electron chi connectivity index (χ1n) is 10.2. The van der Waals surface area contributed by atoms with E-state index in [2.05, 4.69) is 56.5 Å². The molecular formula is C23H29N5O. The predicted octanol–water partition coefficient (Wildman–Crippen LogP) is 2.69. The van der Waals surface area contributed by atoms with E-state index in [4.69, 9.17) is 0 Å². The molecule has 1 atom stereocenters. The molecule has 0 radical (unpaired) electrons. The number of hydrogen-bond donors (Lipinski definition) is 0. The summed E-state index contributed by atoms with van der Waals surface area (Å²) in [5.41, 5.74) is 3.04. The molecule has 0 aliphatic carbocycles. The Kier molecular flexibility index (Phi) is 5.48. The summed E-state index contributed by atoms with van der Waals surface area (Å²) < 4.78 is 2.09. The van der Waals surface area contributed by atoms with Crippen molar-refractivity contribution in [1.29, 1.82) is 0 Å². The predicted molar refractivity (Wildman–Crippen MR) is 116 cm³/mol. The average molecular weight is 392 g/mol. The van der Waals surface area contributed by atoms with Crippen molar-refractivity contribution >= 4 is 16.6 Å². The molecule has 0 spiro atoms. The van der Waals surface area contributed by atoms with Crippen LogP contribution >= 0.6 is 0 Å². The topological polar surface area (TPSA) is 54.3 Å². The zero-order chi connectivity index (χ0) is 20.5. The molecule has 0 amide bonds. The molecule has 3 aromatic rings. The summed E-state index contributed by atoms with van der Waals surface area (Å²) in [5, 5.41) is 2.18. The summed E-state index contributed by atoms with van der Waals surface area (Å²) >= 11 is 0. The number of carbonyl (C=O) groups excluding carboxylic acids is 1. The Bertz CT molecular complexity index is 1040. The third-order valence-corrected chi connectivity index (χ3v) is 6.02. The van der Waals surface area contributed by atoms with Gasteiger partial charge in [0.2, 0.25) is 0 Å². The highest BCUT2D eigenvalue weighted by Gasteiger charge is 2.23. The zero-order valence-electron chi connectivity index (χ0n) is 17.7. The van der Waals surface area contributed by atoms with Crippen molar-refractivity contribution in [3.05, 3.63) is 48.2 Å². The number of benzene rings is 1. The van der Waals surface area contributed by atoms with Crippen LogP contribution in [0.4, 0.5) is 0 Å². The van der Waals surface area contributed by atoms with Crippen LogP contribution < -0.4 is 0 Å². The number of likely N-dealkylation sites (N-methyl/N-ethyl adjacent to an activating group) is 1. The van der Waals surface area contributed by atoms with Crippen LogP contribution in [0.3, 0.4) is 0 Å². The van der Waals surface area contributed by atoms with Gasteiger partial charge in [-0.3, -0.25) is 14.7 Å². The van der Waals surface area contributed by atoms with Gasteiger partial charge < -0.3 is 9.47 Å². The molecule has 1 saturated heterocycles. The minimum absolute atomic E-state index is 0.228. The summed E-state index contributed by atoms with van der Waals surface area (Å²) in [6.45, 7) is 7.67. The molecule has 4 rings (SSSR count). The van der Waals surface area contributed by atoms with Crippen LogP contribution in [0.15, 0.2) is 36.7 Å². The molecule has 1 aliphatic rings. The molecule has 0 saturated carbocycles. The van der Waals surface area contributed by atoms with E-state index >= 15 is 0 Å². The Balaban J connectivity index is 1.50. The van der Waals surface area contributed by atoms with Gasteiger partial charge in [0.25, 0.3) is 0 Å². The van der Waals surface area contributed by atoms with Crippen LogP contribution in [-0.2, 0) is 18.3 Å². The van der Waals surface area contributed by atoms with Gasteiger partial charge in [0.1, 0.15) is 5.82 Å². The van der Waals surface area contributed by atoms with Crippen LogP contribution in [0.2, 0.25) is 0 Å². The fourth-order valence-electron chi connectivity index (χ4n) is 4.11. The Labute approximate surface area is 172 Å². The molecule has 0 N–H and O–H groups in total. The number of ketones is 1. The molecule has 1 aliphatic heterocycles. The van der Waals surface area contributed by atoms with Crippen molar-refractivity contribution < 1.29 is 4.79 Å². The van der Waals surface area contributed by atoms with Crippen molar-refractivity contribution in [2.45, 2.75) is 26.3 Å². The summed E-state index contributed by atoms with van der Waals surface area (Å²) in [5.74, 6) is 1.21. The molecule has 6 nitrogen and oxygen atoms in total. The Morgan fingerprint density at radius 1 is 1.10 bits per heavy atom. The van der Waals surface area contributed by atoms with Gasteiger partial charge in [0.05, 0.1) is 24.9 Å². The number of fused-ring (bicyclic) bond motifs is 1. The van der Waals surface area contributed by atoms with E-state index in [1.807, 2.05) is 32.4 Å². The largest absolute Gasteiger partial charge is 0.331 e. The molecular weight excluding hydrogens is 362 g/mol. The number of imidazole rings is 1. The molecule has 0 unspecified atom stereocenters. The Hall–Kier alpha value is -2.57. The lowest BCUT2D eigenvalue weighted by atomic mass is 10.0. The van der Waals surface area contributed by atoms with E-state index in [1.54, 1.807) is 0 Å². The Morgan fingerprint density at radius 3 is 2.66 bits per heavy atom. The lowest BCUT2D eigenvalue weighted by Gasteiger charge is -2.37. The molecule has 2 aromatic heterocycles. The standard InChI is InChI=1S/C23H29N5O/c1-16-14-26(3)7-8-28(16)15-22(29)11-21-10-20-9-18(5-6-19(20)12-25-21)23-13-24-17(2)27(23)4/h5-6,9-10,12-13,16H,7-8,11,14-15H2,1-4H3/t16-/m0/s1. The average Bonchev–Trinajstić information content (AvgIpc) is 3.02. The number of hydrogen-bond acceptors (Lipinski definition) is 5. The number of piperazine rings is 1. The maximum absolute atomic E-state index is 12.7. The second-order valence-electron chi connectivity index (χ2n) is 8.28. The summed E-state index contributed by atoms with van der Waals surface area (Å²) in [7, 11) is 4.16. The van der Waals surface area contributed by atoms with Crippen LogP contribution in [0, 0.1) is 6.92 Å². The SMILES string of the molecule is Cc1ncc(-c2ccc3cnc(CC(=O)CN4CCN(C)C[C@@H]4C)cc3c2)n1C. The second kappa shape index (κ2) is 8.05. The van der Waals surface area contributed by atoms with Gasteiger partial charge in [-0.25, -0.2) is 4.98 Å². The van der Waals surface area contributed by atoms with Crippen LogP contribution in [0.1, 0.15) is 18.4 Å². The molecule has 3 heterocycles. The number of aromatic nitrogens is 3. The van der Waals surface area contributed by atoms with Gasteiger partial charge in [-0.1, -0.05) is 12.1 Å². The Morgan fingerprint density at radius 2 is 1.93 bits per heavy atom. The van der Waals surface area contributed by atoms with E-state index in [-0.39, 0.29) is 5.78 Å². The van der Waals surface area contributed by atoms with Gasteiger partial charge in [-0.15, -0.1) is 0 Å². The highest BCUT2D eigenvalue weighted by molar-refractivity contribution is 5.88. The fourth-order valence-corrected chi connectivity index (χ4v) is 4.11. The first-order chi connectivity index (χ1) is 13.9. The van der Waals surface area contributed by atoms with E-state index < -0.39 is 0 Å². The summed E-state index contributed by atoms with van der Waals surface area (Å²) in [6, 6.07) is 8.79. The van der Waals surface area contributed by atoms with Gasteiger partial charge in [-0.2, -0.15) is 0 Å². The number of nitrogens with zero attached hydrogens (tertiary/aromatic N) is 5. The van der Waals surface area contributed by atoms with E-state index in [0.717, 1.165) is 53.2 Å². The summed E-state index contributed by atoms with van der Waals surface area (Å²) in [6.07, 6.45) is 4.15. The highest BCUT2D eigenvalue weighted by Crippen LogP contribution is 2.25. The zero-order valence-corrected chi connectivity index (χ0v) is 17.7. The van der Waals surface area contributed by atoms with Crippen molar-refractivity contribution in [3.63, 3.8) is 0 Å². The second-order valence-corrected chi connectivity index (χ2v) is 8.28. The number of Topliss-reactive ketones (excluding diaryl/α,β-unsaturated/α-hetero) is 1. The quantitative estimate of drug-likeness (QED) is 0.669. The first kappa shape index (κ1) is 19.7. The van der Waals surface area contributed by atoms with Crippen molar-refractivity contribution in [3.8, 4) is 11.3 Å². The molecule has 1 aromatic carbocycles. The molecule has 152 valence electrons. The fraction of sp³-hybridized carbons (Fsp3) is 0.435. The number of carbonyl (C=O) groups is 1. The van der Waals surface area contributed by atoms with Gasteiger partial charge in [0, 0.05) is 55.6 Å². The maximum atomic E-state index is 12.7. The maximum Gasteiger partial charge on any atom is 0.152 e. The van der Waals surface area contributed by atoms with Gasteiger partial charge in [-0.05, 0) is 38.4 Å². The smallest absolute Gasteiger partial charge is 0.152 e. The van der Waals surface area contributed by atoms with Crippen LogP contribution in [-0.4, -0.2) is 69.4 Å². The van der Waals surface area contributed by atoms with Crippen molar-refractivity contribution in [2.75, 3.05) is 33.2 Å². The van der Waals surface area contributed by atoms with Gasteiger partial charge in [0.15, 0.2) is 5.78 Å². The number of aryl methyl sites for hydroxylation is 1. The minimum atomic E-state index is 0.228. The van der Waals surface area contributed by atoms with Crippen molar-refractivity contribution in [2.24, 2.45) is 7.05 Å². The first-order valence-corrected chi connectivity index (χ1v) is 10.2. The monoisotopic (exact) mass is 391 g/mol.